The third-order valence-electron chi connectivity index (χ3n) is 3.65. The molecule has 0 spiro atoms. The average Bonchev–Trinajstić information content (AvgIpc) is 2.25. The zero-order chi connectivity index (χ0) is 11.5. The summed E-state index contributed by atoms with van der Waals surface area (Å²) in [5.74, 6) is 1.42. The van der Waals surface area contributed by atoms with Crippen molar-refractivity contribution in [2.45, 2.75) is 89.2 Å². The van der Waals surface area contributed by atoms with Gasteiger partial charge in [-0.25, -0.2) is 0 Å². The van der Waals surface area contributed by atoms with Gasteiger partial charge in [0.1, 0.15) is 0 Å². The molecule has 96 valence electrons. The van der Waals surface area contributed by atoms with Crippen LogP contribution in [-0.2, 0) is 0 Å². The molecule has 1 aliphatic rings. The van der Waals surface area contributed by atoms with Gasteiger partial charge in [0.2, 0.25) is 0 Å². The zero-order valence-corrected chi connectivity index (χ0v) is 12.0. The Balaban J connectivity index is 1.93. The van der Waals surface area contributed by atoms with Gasteiger partial charge >= 0.3 is 0 Å². The van der Waals surface area contributed by atoms with Crippen LogP contribution in [0.2, 0.25) is 0 Å². The number of hydrogen-bond acceptors (Lipinski definition) is 1. The first kappa shape index (κ1) is 14.4. The second kappa shape index (κ2) is 10.5. The molecule has 0 aromatic carbocycles. The van der Waals surface area contributed by atoms with Gasteiger partial charge in [0.25, 0.3) is 0 Å². The second-order valence-corrected chi connectivity index (χ2v) is 6.66. The highest BCUT2D eigenvalue weighted by atomic mass is 32.2. The topological polar surface area (TPSA) is 0 Å². The summed E-state index contributed by atoms with van der Waals surface area (Å²) in [6.45, 7) is 2.29. The Labute approximate surface area is 107 Å². The van der Waals surface area contributed by atoms with Crippen LogP contribution in [0, 0.1) is 0 Å². The standard InChI is InChI=1S/C15H30S/c1-2-3-4-8-11-14-16-15-12-9-6-5-7-10-13-15/h15H,2-14H2,1H3. The first-order valence-electron chi connectivity index (χ1n) is 7.55. The molecule has 1 heteroatoms. The molecule has 0 aromatic rings. The molecule has 0 heterocycles. The van der Waals surface area contributed by atoms with Crippen LogP contribution in [0.3, 0.4) is 0 Å². The molecule has 0 unspecified atom stereocenters. The van der Waals surface area contributed by atoms with E-state index in [1.54, 1.807) is 0 Å². The minimum Gasteiger partial charge on any atom is -0.159 e. The van der Waals surface area contributed by atoms with Crippen LogP contribution in [0.4, 0.5) is 0 Å². The summed E-state index contributed by atoms with van der Waals surface area (Å²) in [7, 11) is 0. The van der Waals surface area contributed by atoms with Gasteiger partial charge in [-0.05, 0) is 25.0 Å². The molecule has 16 heavy (non-hydrogen) atoms. The summed E-state index contributed by atoms with van der Waals surface area (Å²) in [5.41, 5.74) is 0. The summed E-state index contributed by atoms with van der Waals surface area (Å²) >= 11 is 2.28. The quantitative estimate of drug-likeness (QED) is 0.508. The summed E-state index contributed by atoms with van der Waals surface area (Å²) in [4.78, 5) is 0. The third-order valence-corrected chi connectivity index (χ3v) is 5.12. The highest BCUT2D eigenvalue weighted by Crippen LogP contribution is 2.27. The molecule has 0 atom stereocenters. The molecular weight excluding hydrogens is 212 g/mol. The van der Waals surface area contributed by atoms with Crippen LogP contribution in [-0.4, -0.2) is 11.0 Å². The first-order chi connectivity index (χ1) is 7.93. The van der Waals surface area contributed by atoms with Crippen LogP contribution in [0.25, 0.3) is 0 Å². The maximum atomic E-state index is 2.29. The molecule has 1 rings (SSSR count). The molecule has 0 bridgehead atoms. The Bertz CT molecular complexity index is 136. The minimum absolute atomic E-state index is 1.01. The molecule has 0 nitrogen and oxygen atoms in total. The molecule has 1 saturated carbocycles. The number of hydrogen-bond donors (Lipinski definition) is 0. The lowest BCUT2D eigenvalue weighted by atomic mass is 10.0. The van der Waals surface area contributed by atoms with Gasteiger partial charge in [-0.15, -0.1) is 0 Å². The van der Waals surface area contributed by atoms with E-state index in [-0.39, 0.29) is 0 Å². The van der Waals surface area contributed by atoms with Crippen LogP contribution in [0.5, 0.6) is 0 Å². The van der Waals surface area contributed by atoms with Gasteiger partial charge in [0.05, 0.1) is 0 Å². The lowest BCUT2D eigenvalue weighted by Gasteiger charge is -2.19. The van der Waals surface area contributed by atoms with Gasteiger partial charge in [-0.1, -0.05) is 64.7 Å². The molecule has 1 aliphatic carbocycles. The molecule has 0 radical (unpaired) electrons. The van der Waals surface area contributed by atoms with E-state index in [0.29, 0.717) is 0 Å². The minimum atomic E-state index is 1.01. The molecule has 0 amide bonds. The maximum absolute atomic E-state index is 2.29. The van der Waals surface area contributed by atoms with Crippen molar-refractivity contribution in [3.8, 4) is 0 Å². The molecular formula is C15H30S. The van der Waals surface area contributed by atoms with Crippen LogP contribution in [0.15, 0.2) is 0 Å². The molecule has 0 aromatic heterocycles. The fraction of sp³-hybridized carbons (Fsp3) is 1.00. The summed E-state index contributed by atoms with van der Waals surface area (Å²) in [5, 5.41) is 1.01. The van der Waals surface area contributed by atoms with E-state index in [2.05, 4.69) is 18.7 Å². The highest BCUT2D eigenvalue weighted by molar-refractivity contribution is 7.99. The monoisotopic (exact) mass is 242 g/mol. The maximum Gasteiger partial charge on any atom is 0.00470 e. The van der Waals surface area contributed by atoms with Crippen molar-refractivity contribution >= 4 is 11.8 Å². The zero-order valence-electron chi connectivity index (χ0n) is 11.2. The molecule has 0 N–H and O–H groups in total. The summed E-state index contributed by atoms with van der Waals surface area (Å²) in [6, 6.07) is 0. The Kier molecular flexibility index (Phi) is 9.46. The molecule has 1 fully saturated rings. The molecule has 0 aliphatic heterocycles. The largest absolute Gasteiger partial charge is 0.159 e. The normalized spacial score (nSPS) is 19.3. The summed E-state index contributed by atoms with van der Waals surface area (Å²) < 4.78 is 0. The van der Waals surface area contributed by atoms with E-state index < -0.39 is 0 Å². The van der Waals surface area contributed by atoms with Gasteiger partial charge in [-0.3, -0.25) is 0 Å². The number of unbranched alkanes of at least 4 members (excludes halogenated alkanes) is 4. The smallest absolute Gasteiger partial charge is 0.00470 e. The van der Waals surface area contributed by atoms with E-state index >= 15 is 0 Å². The van der Waals surface area contributed by atoms with E-state index in [1.807, 2.05) is 0 Å². The van der Waals surface area contributed by atoms with Crippen molar-refractivity contribution in [3.63, 3.8) is 0 Å². The fourth-order valence-electron chi connectivity index (χ4n) is 2.54. The van der Waals surface area contributed by atoms with Crippen molar-refractivity contribution in [2.24, 2.45) is 0 Å². The van der Waals surface area contributed by atoms with E-state index in [9.17, 15) is 0 Å². The van der Waals surface area contributed by atoms with Crippen LogP contribution in [0.1, 0.15) is 84.0 Å². The second-order valence-electron chi connectivity index (χ2n) is 5.25. The number of rotatable bonds is 7. The van der Waals surface area contributed by atoms with E-state index in [0.717, 1.165) is 5.25 Å². The lowest BCUT2D eigenvalue weighted by molar-refractivity contribution is 0.512. The van der Waals surface area contributed by atoms with Crippen molar-refractivity contribution in [1.29, 1.82) is 0 Å². The van der Waals surface area contributed by atoms with Crippen molar-refractivity contribution in [1.82, 2.24) is 0 Å². The third kappa shape index (κ3) is 7.60. The van der Waals surface area contributed by atoms with Crippen LogP contribution < -0.4 is 0 Å². The van der Waals surface area contributed by atoms with Gasteiger partial charge in [0.15, 0.2) is 0 Å². The van der Waals surface area contributed by atoms with Crippen LogP contribution >= 0.6 is 11.8 Å². The Morgan fingerprint density at radius 3 is 2.12 bits per heavy atom. The van der Waals surface area contributed by atoms with E-state index in [4.69, 9.17) is 0 Å². The predicted octanol–water partition coefficient (Wildman–Crippen LogP) is 5.80. The van der Waals surface area contributed by atoms with Crippen molar-refractivity contribution in [2.75, 3.05) is 5.75 Å². The average molecular weight is 242 g/mol. The highest BCUT2D eigenvalue weighted by Gasteiger charge is 2.10. The Morgan fingerprint density at radius 1 is 0.812 bits per heavy atom. The SMILES string of the molecule is CCCCCCCSC1CCCCCCC1. The van der Waals surface area contributed by atoms with E-state index in [1.165, 1.54) is 82.8 Å². The molecule has 0 saturated heterocycles. The van der Waals surface area contributed by atoms with Crippen molar-refractivity contribution in [3.05, 3.63) is 0 Å². The Morgan fingerprint density at radius 2 is 1.44 bits per heavy atom. The van der Waals surface area contributed by atoms with Gasteiger partial charge in [-0.2, -0.15) is 11.8 Å². The lowest BCUT2D eigenvalue weighted by Crippen LogP contribution is -2.06. The van der Waals surface area contributed by atoms with Crippen molar-refractivity contribution < 1.29 is 0 Å². The van der Waals surface area contributed by atoms with Gasteiger partial charge in [0, 0.05) is 5.25 Å². The van der Waals surface area contributed by atoms with Gasteiger partial charge < -0.3 is 0 Å². The number of thioether (sulfide) groups is 1. The fourth-order valence-corrected chi connectivity index (χ4v) is 3.91. The first-order valence-corrected chi connectivity index (χ1v) is 8.60. The Hall–Kier alpha value is 0.350. The predicted molar refractivity (Wildman–Crippen MR) is 77.3 cm³/mol. The summed E-state index contributed by atoms with van der Waals surface area (Å²) in [6.07, 6.45) is 17.7.